The average Bonchev–Trinajstić information content (AvgIpc) is 2.23. The molecule has 1 unspecified atom stereocenters. The Hall–Kier alpha value is -1.85. The van der Waals surface area contributed by atoms with Crippen molar-refractivity contribution in [2.75, 3.05) is 6.54 Å². The van der Waals surface area contributed by atoms with Crippen LogP contribution in [0, 0.1) is 5.92 Å². The highest BCUT2D eigenvalue weighted by Gasteiger charge is 2.06. The molecule has 16 heavy (non-hydrogen) atoms. The molecule has 0 aliphatic carbocycles. The minimum atomic E-state index is -1.24. The molecule has 0 aliphatic rings. The Bertz CT molecular complexity index is 299. The van der Waals surface area contributed by atoms with E-state index in [1.54, 1.807) is 0 Å². The Labute approximate surface area is 93.7 Å². The van der Waals surface area contributed by atoms with Gasteiger partial charge in [0.05, 0.1) is 0 Å². The lowest BCUT2D eigenvalue weighted by atomic mass is 10.1. The van der Waals surface area contributed by atoms with Crippen LogP contribution in [0.3, 0.4) is 0 Å². The number of nitrogens with one attached hydrogen (secondary N) is 2. The van der Waals surface area contributed by atoms with Crippen LogP contribution in [0.5, 0.6) is 0 Å². The van der Waals surface area contributed by atoms with E-state index in [2.05, 4.69) is 5.32 Å². The predicted molar refractivity (Wildman–Crippen MR) is 57.8 cm³/mol. The minimum Gasteiger partial charge on any atom is -0.478 e. The number of hydrogen-bond acceptors (Lipinski definition) is 3. The van der Waals surface area contributed by atoms with Gasteiger partial charge >= 0.3 is 12.0 Å². The van der Waals surface area contributed by atoms with Gasteiger partial charge in [-0.15, -0.1) is 0 Å². The van der Waals surface area contributed by atoms with Crippen molar-refractivity contribution >= 4 is 17.9 Å². The highest BCUT2D eigenvalue weighted by molar-refractivity contribution is 6.02. The summed E-state index contributed by atoms with van der Waals surface area (Å²) < 4.78 is 0. The van der Waals surface area contributed by atoms with Gasteiger partial charge in [0.25, 0.3) is 5.91 Å². The fourth-order valence-corrected chi connectivity index (χ4v) is 0.756. The molecule has 0 saturated carbocycles. The van der Waals surface area contributed by atoms with E-state index in [1.165, 1.54) is 0 Å². The lowest BCUT2D eigenvalue weighted by molar-refractivity contribution is -0.131. The maximum Gasteiger partial charge on any atom is 0.328 e. The van der Waals surface area contributed by atoms with Gasteiger partial charge in [-0.3, -0.25) is 10.1 Å². The van der Waals surface area contributed by atoms with Crippen molar-refractivity contribution < 1.29 is 19.5 Å². The number of aliphatic carboxylic acids is 1. The fourth-order valence-electron chi connectivity index (χ4n) is 0.756. The molecule has 6 heteroatoms. The first-order chi connectivity index (χ1) is 7.45. The standard InChI is InChI=1S/C10H16N2O4/c1-3-7(2)6-11-10(16)12-8(13)4-5-9(14)15/h4-5,7H,3,6H2,1-2H3,(H,14,15)(H2,11,12,13,16). The molecular weight excluding hydrogens is 212 g/mol. The summed E-state index contributed by atoms with van der Waals surface area (Å²) in [6.45, 7) is 4.43. The van der Waals surface area contributed by atoms with E-state index in [9.17, 15) is 14.4 Å². The van der Waals surface area contributed by atoms with Crippen molar-refractivity contribution in [2.24, 2.45) is 5.92 Å². The van der Waals surface area contributed by atoms with Gasteiger partial charge in [-0.1, -0.05) is 20.3 Å². The number of urea groups is 1. The molecule has 3 N–H and O–H groups in total. The predicted octanol–water partition coefficient (Wildman–Crippen LogP) is 0.499. The zero-order valence-corrected chi connectivity index (χ0v) is 9.32. The maximum absolute atomic E-state index is 11.1. The van der Waals surface area contributed by atoms with Crippen LogP contribution in [0.15, 0.2) is 12.2 Å². The van der Waals surface area contributed by atoms with Gasteiger partial charge in [0.15, 0.2) is 0 Å². The van der Waals surface area contributed by atoms with E-state index >= 15 is 0 Å². The van der Waals surface area contributed by atoms with Crippen LogP contribution >= 0.6 is 0 Å². The molecule has 0 aliphatic heterocycles. The number of imide groups is 1. The minimum absolute atomic E-state index is 0.329. The molecule has 0 fully saturated rings. The van der Waals surface area contributed by atoms with Crippen LogP contribution in [0.2, 0.25) is 0 Å². The Kier molecular flexibility index (Phi) is 6.58. The van der Waals surface area contributed by atoms with Crippen LogP contribution in [0.1, 0.15) is 20.3 Å². The fraction of sp³-hybridized carbons (Fsp3) is 0.500. The third-order valence-corrected chi connectivity index (χ3v) is 1.92. The van der Waals surface area contributed by atoms with Gasteiger partial charge in [0.2, 0.25) is 0 Å². The molecule has 6 nitrogen and oxygen atoms in total. The van der Waals surface area contributed by atoms with Crippen molar-refractivity contribution in [1.29, 1.82) is 0 Å². The third kappa shape index (κ3) is 7.54. The molecule has 0 rings (SSSR count). The van der Waals surface area contributed by atoms with E-state index < -0.39 is 17.9 Å². The Morgan fingerprint density at radius 2 is 1.94 bits per heavy atom. The lowest BCUT2D eigenvalue weighted by Crippen LogP contribution is -2.40. The smallest absolute Gasteiger partial charge is 0.328 e. The molecule has 0 aromatic carbocycles. The van der Waals surface area contributed by atoms with Gasteiger partial charge in [0, 0.05) is 18.7 Å². The van der Waals surface area contributed by atoms with Crippen LogP contribution in [0.25, 0.3) is 0 Å². The van der Waals surface area contributed by atoms with Crippen molar-refractivity contribution in [3.8, 4) is 0 Å². The number of rotatable bonds is 5. The summed E-state index contributed by atoms with van der Waals surface area (Å²) in [6, 6.07) is -0.625. The van der Waals surface area contributed by atoms with Gasteiger partial charge in [-0.05, 0) is 5.92 Å². The van der Waals surface area contributed by atoms with E-state index in [0.29, 0.717) is 18.5 Å². The van der Waals surface area contributed by atoms with Crippen LogP contribution in [0.4, 0.5) is 4.79 Å². The zero-order valence-electron chi connectivity index (χ0n) is 9.32. The summed E-state index contributed by atoms with van der Waals surface area (Å²) in [6.07, 6.45) is 2.37. The lowest BCUT2D eigenvalue weighted by Gasteiger charge is -2.09. The number of carboxylic acids is 1. The van der Waals surface area contributed by atoms with E-state index in [0.717, 1.165) is 12.5 Å². The summed E-state index contributed by atoms with van der Waals surface area (Å²) in [5, 5.41) is 12.7. The maximum atomic E-state index is 11.1. The van der Waals surface area contributed by atoms with Crippen molar-refractivity contribution in [1.82, 2.24) is 10.6 Å². The molecule has 0 bridgehead atoms. The van der Waals surface area contributed by atoms with E-state index in [1.807, 2.05) is 19.2 Å². The first-order valence-electron chi connectivity index (χ1n) is 4.95. The molecule has 0 radical (unpaired) electrons. The zero-order chi connectivity index (χ0) is 12.6. The number of amides is 3. The first-order valence-corrected chi connectivity index (χ1v) is 4.95. The summed E-state index contributed by atoms with van der Waals surface area (Å²) in [5.74, 6) is -1.67. The number of carbonyl (C=O) groups is 3. The first kappa shape index (κ1) is 14.2. The van der Waals surface area contributed by atoms with E-state index in [-0.39, 0.29) is 0 Å². The summed E-state index contributed by atoms with van der Waals surface area (Å²) in [4.78, 5) is 32.1. The number of carbonyl (C=O) groups excluding carboxylic acids is 2. The second-order valence-corrected chi connectivity index (χ2v) is 3.38. The van der Waals surface area contributed by atoms with Crippen LogP contribution < -0.4 is 10.6 Å². The third-order valence-electron chi connectivity index (χ3n) is 1.92. The molecule has 1 atom stereocenters. The largest absolute Gasteiger partial charge is 0.478 e. The van der Waals surface area contributed by atoms with Crippen molar-refractivity contribution in [2.45, 2.75) is 20.3 Å². The van der Waals surface area contributed by atoms with Gasteiger partial charge in [-0.2, -0.15) is 0 Å². The Balaban J connectivity index is 3.87. The number of hydrogen-bond donors (Lipinski definition) is 3. The van der Waals surface area contributed by atoms with Crippen molar-refractivity contribution in [3.63, 3.8) is 0 Å². The summed E-state index contributed by atoms with van der Waals surface area (Å²) >= 11 is 0. The Morgan fingerprint density at radius 1 is 1.31 bits per heavy atom. The molecule has 0 aromatic rings. The molecule has 0 spiro atoms. The molecule has 3 amide bonds. The van der Waals surface area contributed by atoms with E-state index in [4.69, 9.17) is 5.11 Å². The van der Waals surface area contributed by atoms with Crippen LogP contribution in [-0.2, 0) is 9.59 Å². The van der Waals surface area contributed by atoms with Gasteiger partial charge < -0.3 is 10.4 Å². The Morgan fingerprint density at radius 3 is 2.44 bits per heavy atom. The molecule has 0 heterocycles. The monoisotopic (exact) mass is 228 g/mol. The highest BCUT2D eigenvalue weighted by Crippen LogP contribution is 1.96. The quantitative estimate of drug-likeness (QED) is 0.597. The summed E-state index contributed by atoms with van der Waals surface area (Å²) in [5.41, 5.74) is 0. The average molecular weight is 228 g/mol. The second-order valence-electron chi connectivity index (χ2n) is 3.38. The number of carboxylic acid groups (broad SMARTS) is 1. The van der Waals surface area contributed by atoms with Crippen molar-refractivity contribution in [3.05, 3.63) is 12.2 Å². The molecular formula is C10H16N2O4. The van der Waals surface area contributed by atoms with Gasteiger partial charge in [0.1, 0.15) is 0 Å². The molecule has 90 valence electrons. The SMILES string of the molecule is CCC(C)CNC(=O)NC(=O)C=CC(=O)O. The van der Waals surface area contributed by atoms with Crippen LogP contribution in [-0.4, -0.2) is 29.6 Å². The molecule has 0 saturated heterocycles. The molecule has 0 aromatic heterocycles. The summed E-state index contributed by atoms with van der Waals surface area (Å²) in [7, 11) is 0. The highest BCUT2D eigenvalue weighted by atomic mass is 16.4. The normalized spacial score (nSPS) is 12.1. The second kappa shape index (κ2) is 7.44. The topological polar surface area (TPSA) is 95.5 Å². The van der Waals surface area contributed by atoms with Gasteiger partial charge in [-0.25, -0.2) is 9.59 Å².